The van der Waals surface area contributed by atoms with Crippen LogP contribution in [0.1, 0.15) is 30.9 Å². The summed E-state index contributed by atoms with van der Waals surface area (Å²) in [4.78, 5) is 28.2. The smallest absolute Gasteiger partial charge is 0.313 e. The zero-order valence-electron chi connectivity index (χ0n) is 13.0. The van der Waals surface area contributed by atoms with Crippen LogP contribution < -0.4 is 10.6 Å². The largest absolute Gasteiger partial charge is 0.341 e. The van der Waals surface area contributed by atoms with Gasteiger partial charge in [0, 0.05) is 6.20 Å². The van der Waals surface area contributed by atoms with Gasteiger partial charge in [0.15, 0.2) is 0 Å². The lowest BCUT2D eigenvalue weighted by Crippen LogP contribution is -2.41. The molecule has 3 rings (SSSR count). The van der Waals surface area contributed by atoms with Crippen LogP contribution in [0.2, 0.25) is 0 Å². The molecule has 0 saturated heterocycles. The van der Waals surface area contributed by atoms with E-state index in [9.17, 15) is 14.0 Å². The first-order valence-electron chi connectivity index (χ1n) is 7.91. The summed E-state index contributed by atoms with van der Waals surface area (Å²) in [7, 11) is 0. The Morgan fingerprint density at radius 3 is 2.46 bits per heavy atom. The van der Waals surface area contributed by atoms with Crippen LogP contribution in [0.3, 0.4) is 0 Å². The molecule has 1 fully saturated rings. The van der Waals surface area contributed by atoms with Crippen molar-refractivity contribution < 1.29 is 14.0 Å². The Bertz CT molecular complexity index is 715. The number of carbonyl (C=O) groups excluding carboxylic acids is 2. The molecule has 2 N–H and O–H groups in total. The van der Waals surface area contributed by atoms with E-state index in [1.54, 1.807) is 30.5 Å². The fourth-order valence-corrected chi connectivity index (χ4v) is 2.75. The number of nitrogens with one attached hydrogen (secondary N) is 2. The molecule has 24 heavy (non-hydrogen) atoms. The highest BCUT2D eigenvalue weighted by atomic mass is 19.1. The molecule has 0 radical (unpaired) electrons. The van der Waals surface area contributed by atoms with Gasteiger partial charge in [0.1, 0.15) is 5.82 Å². The van der Waals surface area contributed by atoms with Gasteiger partial charge in [-0.3, -0.25) is 14.6 Å². The van der Waals surface area contributed by atoms with Crippen LogP contribution in [0.4, 0.5) is 10.1 Å². The zero-order chi connectivity index (χ0) is 16.9. The highest BCUT2D eigenvalue weighted by molar-refractivity contribution is 6.39. The predicted molar refractivity (Wildman–Crippen MR) is 87.5 cm³/mol. The number of hydrogen-bond donors (Lipinski definition) is 2. The lowest BCUT2D eigenvalue weighted by Gasteiger charge is -2.34. The normalized spacial score (nSPS) is 15.2. The molecule has 2 amide bonds. The molecule has 5 nitrogen and oxygen atoms in total. The Labute approximate surface area is 139 Å². The predicted octanol–water partition coefficient (Wildman–Crippen LogP) is 2.82. The van der Waals surface area contributed by atoms with Crippen molar-refractivity contribution in [3.05, 3.63) is 60.2 Å². The summed E-state index contributed by atoms with van der Waals surface area (Å²) in [5, 5.41) is 5.29. The Morgan fingerprint density at radius 1 is 1.12 bits per heavy atom. The van der Waals surface area contributed by atoms with Crippen molar-refractivity contribution in [2.75, 3.05) is 5.32 Å². The molecule has 0 bridgehead atoms. The van der Waals surface area contributed by atoms with E-state index in [-0.39, 0.29) is 17.8 Å². The number of pyridine rings is 1. The summed E-state index contributed by atoms with van der Waals surface area (Å²) < 4.78 is 13.1. The van der Waals surface area contributed by atoms with Gasteiger partial charge in [0.05, 0.1) is 17.9 Å². The average Bonchev–Trinajstić information content (AvgIpc) is 2.54. The number of anilines is 1. The van der Waals surface area contributed by atoms with E-state index in [0.717, 1.165) is 24.8 Å². The quantitative estimate of drug-likeness (QED) is 0.848. The molecule has 2 aromatic rings. The second-order valence-corrected chi connectivity index (χ2v) is 5.89. The molecule has 0 spiro atoms. The highest BCUT2D eigenvalue weighted by Gasteiger charge is 2.31. The minimum absolute atomic E-state index is 0.269. The Kier molecular flexibility index (Phi) is 4.84. The van der Waals surface area contributed by atoms with Gasteiger partial charge < -0.3 is 10.6 Å². The molecule has 1 aromatic heterocycles. The van der Waals surface area contributed by atoms with Gasteiger partial charge in [0.2, 0.25) is 0 Å². The number of aromatic nitrogens is 1. The van der Waals surface area contributed by atoms with Gasteiger partial charge in [-0.2, -0.15) is 0 Å². The van der Waals surface area contributed by atoms with E-state index in [1.807, 2.05) is 0 Å². The first kappa shape index (κ1) is 16.1. The van der Waals surface area contributed by atoms with Crippen LogP contribution in [-0.2, 0) is 9.59 Å². The monoisotopic (exact) mass is 327 g/mol. The second-order valence-electron chi connectivity index (χ2n) is 5.89. The summed E-state index contributed by atoms with van der Waals surface area (Å²) in [6, 6.07) is 9.07. The van der Waals surface area contributed by atoms with Crippen molar-refractivity contribution in [2.45, 2.75) is 25.3 Å². The molecule has 1 unspecified atom stereocenters. The summed E-state index contributed by atoms with van der Waals surface area (Å²) in [5.74, 6) is -1.51. The minimum atomic E-state index is -0.741. The van der Waals surface area contributed by atoms with Gasteiger partial charge in [-0.15, -0.1) is 0 Å². The van der Waals surface area contributed by atoms with Crippen LogP contribution in [-0.4, -0.2) is 16.8 Å². The molecular weight excluding hydrogens is 309 g/mol. The number of nitrogens with zero attached hydrogens (tertiary/aromatic N) is 1. The van der Waals surface area contributed by atoms with Crippen LogP contribution >= 0.6 is 0 Å². The number of halogens is 1. The van der Waals surface area contributed by atoms with Gasteiger partial charge in [0.25, 0.3) is 0 Å². The standard InChI is InChI=1S/C18H18FN3O2/c19-14-8-6-13(7-9-14)16(12-3-1-4-12)22-18(24)17(23)21-15-5-2-10-20-11-15/h2,5-12,16H,1,3-4H2,(H,21,23)(H,22,24). The van der Waals surface area contributed by atoms with Gasteiger partial charge in [-0.25, -0.2) is 4.39 Å². The Hall–Kier alpha value is -2.76. The van der Waals surface area contributed by atoms with Crippen molar-refractivity contribution in [1.82, 2.24) is 10.3 Å². The first-order chi connectivity index (χ1) is 11.6. The number of carbonyl (C=O) groups is 2. The molecule has 1 aliphatic rings. The van der Waals surface area contributed by atoms with Crippen LogP contribution in [0.5, 0.6) is 0 Å². The summed E-state index contributed by atoms with van der Waals surface area (Å²) in [5.41, 5.74) is 1.27. The molecule has 1 aromatic carbocycles. The zero-order valence-corrected chi connectivity index (χ0v) is 13.0. The van der Waals surface area contributed by atoms with Gasteiger partial charge >= 0.3 is 11.8 Å². The molecule has 6 heteroatoms. The van der Waals surface area contributed by atoms with Crippen LogP contribution in [0.25, 0.3) is 0 Å². The van der Waals surface area contributed by atoms with E-state index >= 15 is 0 Å². The first-order valence-corrected chi connectivity index (χ1v) is 7.91. The van der Waals surface area contributed by atoms with E-state index in [1.165, 1.54) is 18.3 Å². The van der Waals surface area contributed by atoms with Crippen molar-refractivity contribution in [1.29, 1.82) is 0 Å². The highest BCUT2D eigenvalue weighted by Crippen LogP contribution is 2.37. The van der Waals surface area contributed by atoms with Crippen molar-refractivity contribution in [2.24, 2.45) is 5.92 Å². The number of hydrogen-bond acceptors (Lipinski definition) is 3. The number of amides is 2. The van der Waals surface area contributed by atoms with Gasteiger partial charge in [-0.1, -0.05) is 18.6 Å². The third kappa shape index (κ3) is 3.76. The van der Waals surface area contributed by atoms with E-state index < -0.39 is 11.8 Å². The number of rotatable bonds is 4. The third-order valence-electron chi connectivity index (χ3n) is 4.26. The molecule has 1 heterocycles. The van der Waals surface area contributed by atoms with E-state index in [4.69, 9.17) is 0 Å². The van der Waals surface area contributed by atoms with Crippen LogP contribution in [0.15, 0.2) is 48.8 Å². The van der Waals surface area contributed by atoms with Crippen molar-refractivity contribution in [3.63, 3.8) is 0 Å². The maximum atomic E-state index is 13.1. The van der Waals surface area contributed by atoms with Crippen LogP contribution in [0, 0.1) is 11.7 Å². The maximum absolute atomic E-state index is 13.1. The lowest BCUT2D eigenvalue weighted by atomic mass is 9.77. The number of benzene rings is 1. The lowest BCUT2D eigenvalue weighted by molar-refractivity contribution is -0.137. The van der Waals surface area contributed by atoms with Crippen molar-refractivity contribution >= 4 is 17.5 Å². The Balaban J connectivity index is 1.69. The second kappa shape index (κ2) is 7.21. The fourth-order valence-electron chi connectivity index (χ4n) is 2.75. The Morgan fingerprint density at radius 2 is 1.88 bits per heavy atom. The SMILES string of the molecule is O=C(Nc1cccnc1)C(=O)NC(c1ccc(F)cc1)C1CCC1. The van der Waals surface area contributed by atoms with E-state index in [0.29, 0.717) is 5.69 Å². The molecule has 1 atom stereocenters. The summed E-state index contributed by atoms with van der Waals surface area (Å²) in [6.45, 7) is 0. The topological polar surface area (TPSA) is 71.1 Å². The molecule has 124 valence electrons. The molecular formula is C18H18FN3O2. The summed E-state index contributed by atoms with van der Waals surface area (Å²) >= 11 is 0. The van der Waals surface area contributed by atoms with Crippen molar-refractivity contribution in [3.8, 4) is 0 Å². The van der Waals surface area contributed by atoms with E-state index in [2.05, 4.69) is 15.6 Å². The minimum Gasteiger partial charge on any atom is -0.341 e. The molecule has 1 saturated carbocycles. The molecule has 0 aliphatic heterocycles. The average molecular weight is 327 g/mol. The summed E-state index contributed by atoms with van der Waals surface area (Å²) in [6.07, 6.45) is 6.10. The molecule has 1 aliphatic carbocycles. The fraction of sp³-hybridized carbons (Fsp3) is 0.278. The third-order valence-corrected chi connectivity index (χ3v) is 4.26. The maximum Gasteiger partial charge on any atom is 0.313 e. The van der Waals surface area contributed by atoms with Gasteiger partial charge in [-0.05, 0) is 48.6 Å².